The zero-order valence-corrected chi connectivity index (χ0v) is 14.6. The number of anilines is 1. The number of amides is 1. The Morgan fingerprint density at radius 3 is 3.04 bits per heavy atom. The van der Waals surface area contributed by atoms with E-state index in [1.54, 1.807) is 6.26 Å². The van der Waals surface area contributed by atoms with Crippen LogP contribution in [-0.2, 0) is 11.3 Å². The monoisotopic (exact) mass is 352 g/mol. The topological polar surface area (TPSA) is 80.1 Å². The molecule has 1 aliphatic carbocycles. The van der Waals surface area contributed by atoms with Crippen LogP contribution in [0, 0.1) is 0 Å². The van der Waals surface area contributed by atoms with Gasteiger partial charge in [0.1, 0.15) is 5.76 Å². The minimum atomic E-state index is -0.165. The maximum absolute atomic E-state index is 12.2. The van der Waals surface area contributed by atoms with Crippen molar-refractivity contribution in [2.45, 2.75) is 54.8 Å². The summed E-state index contributed by atoms with van der Waals surface area (Å²) in [6.45, 7) is 2.48. The van der Waals surface area contributed by atoms with E-state index < -0.39 is 0 Å². The fourth-order valence-corrected chi connectivity index (χ4v) is 4.40. The van der Waals surface area contributed by atoms with Gasteiger partial charge in [0.15, 0.2) is 4.34 Å². The summed E-state index contributed by atoms with van der Waals surface area (Å²) in [7, 11) is 0. The number of hydrogen-bond donors (Lipinski definition) is 2. The van der Waals surface area contributed by atoms with Crippen LogP contribution < -0.4 is 10.6 Å². The van der Waals surface area contributed by atoms with Crippen molar-refractivity contribution in [2.24, 2.45) is 0 Å². The lowest BCUT2D eigenvalue weighted by molar-refractivity contribution is -0.120. The van der Waals surface area contributed by atoms with Crippen molar-refractivity contribution in [3.8, 4) is 0 Å². The number of aromatic nitrogens is 2. The summed E-state index contributed by atoms with van der Waals surface area (Å²) in [5, 5.41) is 15.1. The number of thioether (sulfide) groups is 1. The molecular formula is C15H20N4O2S2. The minimum Gasteiger partial charge on any atom is -0.467 e. The van der Waals surface area contributed by atoms with Crippen LogP contribution in [0.15, 0.2) is 27.2 Å². The van der Waals surface area contributed by atoms with Crippen LogP contribution in [0.1, 0.15) is 38.4 Å². The van der Waals surface area contributed by atoms with Gasteiger partial charge in [0.25, 0.3) is 0 Å². The molecule has 0 unspecified atom stereocenters. The molecule has 0 aliphatic heterocycles. The average molecular weight is 352 g/mol. The van der Waals surface area contributed by atoms with Crippen LogP contribution >= 0.6 is 23.1 Å². The van der Waals surface area contributed by atoms with E-state index in [4.69, 9.17) is 4.42 Å². The van der Waals surface area contributed by atoms with Crippen molar-refractivity contribution in [1.82, 2.24) is 15.5 Å². The molecule has 2 heterocycles. The minimum absolute atomic E-state index is 0.0854. The van der Waals surface area contributed by atoms with Gasteiger partial charge in [-0.15, -0.1) is 10.2 Å². The predicted octanol–water partition coefficient (Wildman–Crippen LogP) is 3.28. The SMILES string of the molecule is C[C@@H](Sc1nnc(NCc2ccco2)s1)C(=O)NC1CCCC1. The lowest BCUT2D eigenvalue weighted by atomic mass is 10.2. The Kier molecular flexibility index (Phi) is 5.56. The number of nitrogens with one attached hydrogen (secondary N) is 2. The summed E-state index contributed by atoms with van der Waals surface area (Å²) in [6.07, 6.45) is 6.27. The maximum atomic E-state index is 12.2. The molecule has 3 rings (SSSR count). The summed E-state index contributed by atoms with van der Waals surface area (Å²) in [5.41, 5.74) is 0. The van der Waals surface area contributed by atoms with Crippen molar-refractivity contribution < 1.29 is 9.21 Å². The fourth-order valence-electron chi connectivity index (χ4n) is 2.50. The molecule has 0 radical (unpaired) electrons. The van der Waals surface area contributed by atoms with Crippen molar-refractivity contribution in [1.29, 1.82) is 0 Å². The highest BCUT2D eigenvalue weighted by Crippen LogP contribution is 2.29. The lowest BCUT2D eigenvalue weighted by Crippen LogP contribution is -2.37. The van der Waals surface area contributed by atoms with Gasteiger partial charge >= 0.3 is 0 Å². The standard InChI is InChI=1S/C15H20N4O2S2/c1-10(13(20)17-11-5-2-3-6-11)22-15-19-18-14(23-15)16-9-12-7-4-8-21-12/h4,7-8,10-11H,2-3,5-6,9H2,1H3,(H,16,18)(H,17,20)/t10-/m1/s1. The van der Waals surface area contributed by atoms with E-state index in [0.29, 0.717) is 12.6 Å². The largest absolute Gasteiger partial charge is 0.467 e. The molecule has 1 saturated carbocycles. The molecule has 1 atom stereocenters. The zero-order chi connectivity index (χ0) is 16.1. The molecule has 0 bridgehead atoms. The fraction of sp³-hybridized carbons (Fsp3) is 0.533. The summed E-state index contributed by atoms with van der Waals surface area (Å²) >= 11 is 2.90. The Morgan fingerprint density at radius 1 is 1.48 bits per heavy atom. The number of carbonyl (C=O) groups is 1. The first-order valence-electron chi connectivity index (χ1n) is 7.77. The third kappa shape index (κ3) is 4.71. The van der Waals surface area contributed by atoms with Crippen molar-refractivity contribution >= 4 is 34.1 Å². The highest BCUT2D eigenvalue weighted by atomic mass is 32.2. The highest BCUT2D eigenvalue weighted by Gasteiger charge is 2.22. The molecule has 2 N–H and O–H groups in total. The Bertz CT molecular complexity index is 623. The number of rotatable bonds is 7. The molecule has 8 heteroatoms. The third-order valence-electron chi connectivity index (χ3n) is 3.75. The zero-order valence-electron chi connectivity index (χ0n) is 12.9. The molecule has 2 aromatic heterocycles. The van der Waals surface area contributed by atoms with E-state index in [2.05, 4.69) is 20.8 Å². The molecule has 2 aromatic rings. The summed E-state index contributed by atoms with van der Waals surface area (Å²) < 4.78 is 6.05. The van der Waals surface area contributed by atoms with Gasteiger partial charge in [0.2, 0.25) is 11.0 Å². The van der Waals surface area contributed by atoms with Crippen LogP contribution in [0.25, 0.3) is 0 Å². The molecule has 6 nitrogen and oxygen atoms in total. The van der Waals surface area contributed by atoms with E-state index in [1.165, 1.54) is 35.9 Å². The number of hydrogen-bond acceptors (Lipinski definition) is 7. The Balaban J connectivity index is 1.46. The predicted molar refractivity (Wildman–Crippen MR) is 91.7 cm³/mol. The van der Waals surface area contributed by atoms with Gasteiger partial charge < -0.3 is 15.1 Å². The second kappa shape index (κ2) is 7.83. The maximum Gasteiger partial charge on any atom is 0.233 e. The number of furan rings is 1. The van der Waals surface area contributed by atoms with E-state index in [-0.39, 0.29) is 11.2 Å². The highest BCUT2D eigenvalue weighted by molar-refractivity contribution is 8.02. The van der Waals surface area contributed by atoms with Gasteiger partial charge in [-0.25, -0.2) is 0 Å². The van der Waals surface area contributed by atoms with Crippen LogP contribution in [0.3, 0.4) is 0 Å². The molecule has 1 aliphatic rings. The third-order valence-corrected chi connectivity index (χ3v) is 5.81. The molecule has 0 aromatic carbocycles. The van der Waals surface area contributed by atoms with Crippen molar-refractivity contribution in [3.05, 3.63) is 24.2 Å². The van der Waals surface area contributed by atoms with Crippen LogP contribution in [0.4, 0.5) is 5.13 Å². The second-order valence-electron chi connectivity index (χ2n) is 5.56. The summed E-state index contributed by atoms with van der Waals surface area (Å²) in [6, 6.07) is 4.10. The summed E-state index contributed by atoms with van der Waals surface area (Å²) in [4.78, 5) is 12.2. The molecule has 1 amide bonds. The molecular weight excluding hydrogens is 332 g/mol. The van der Waals surface area contributed by atoms with Gasteiger partial charge in [0.05, 0.1) is 18.1 Å². The number of carbonyl (C=O) groups excluding carboxylic acids is 1. The molecule has 124 valence electrons. The second-order valence-corrected chi connectivity index (χ2v) is 8.12. The summed E-state index contributed by atoms with van der Waals surface area (Å²) in [5.74, 6) is 0.931. The van der Waals surface area contributed by atoms with Crippen molar-refractivity contribution in [2.75, 3.05) is 5.32 Å². The quantitative estimate of drug-likeness (QED) is 0.745. The van der Waals surface area contributed by atoms with E-state index >= 15 is 0 Å². The van der Waals surface area contributed by atoms with Crippen LogP contribution in [0.5, 0.6) is 0 Å². The number of nitrogens with zero attached hydrogens (tertiary/aromatic N) is 2. The first kappa shape index (κ1) is 16.3. The smallest absolute Gasteiger partial charge is 0.233 e. The van der Waals surface area contributed by atoms with E-state index in [9.17, 15) is 4.79 Å². The van der Waals surface area contributed by atoms with Gasteiger partial charge in [-0.3, -0.25) is 4.79 Å². The first-order valence-corrected chi connectivity index (χ1v) is 9.47. The first-order chi connectivity index (χ1) is 11.2. The Morgan fingerprint density at radius 2 is 2.30 bits per heavy atom. The Hall–Kier alpha value is -1.54. The van der Waals surface area contributed by atoms with E-state index in [1.807, 2.05) is 19.1 Å². The van der Waals surface area contributed by atoms with Crippen LogP contribution in [-0.4, -0.2) is 27.4 Å². The van der Waals surface area contributed by atoms with Gasteiger partial charge in [0, 0.05) is 6.04 Å². The molecule has 0 saturated heterocycles. The Labute approximate surface area is 143 Å². The van der Waals surface area contributed by atoms with Gasteiger partial charge in [-0.1, -0.05) is 35.9 Å². The average Bonchev–Trinajstić information content (AvgIpc) is 3.28. The van der Waals surface area contributed by atoms with Gasteiger partial charge in [-0.05, 0) is 31.9 Å². The van der Waals surface area contributed by atoms with Gasteiger partial charge in [-0.2, -0.15) is 0 Å². The van der Waals surface area contributed by atoms with Crippen LogP contribution in [0.2, 0.25) is 0 Å². The van der Waals surface area contributed by atoms with E-state index in [0.717, 1.165) is 28.1 Å². The molecule has 0 spiro atoms. The lowest BCUT2D eigenvalue weighted by Gasteiger charge is -2.15. The normalized spacial score (nSPS) is 16.4. The molecule has 23 heavy (non-hydrogen) atoms. The van der Waals surface area contributed by atoms with Crippen molar-refractivity contribution in [3.63, 3.8) is 0 Å². The molecule has 1 fully saturated rings.